The summed E-state index contributed by atoms with van der Waals surface area (Å²) in [7, 11) is 0. The van der Waals surface area contributed by atoms with Crippen LogP contribution in [-0.4, -0.2) is 11.7 Å². The molecule has 0 fully saturated rings. The molecule has 1 N–H and O–H groups in total. The Hall–Kier alpha value is -0.0400. The van der Waals surface area contributed by atoms with Gasteiger partial charge in [0.15, 0.2) is 0 Å². The van der Waals surface area contributed by atoms with Crippen molar-refractivity contribution in [1.29, 1.82) is 0 Å². The summed E-state index contributed by atoms with van der Waals surface area (Å²) in [5, 5.41) is 9.29. The molecule has 0 saturated carbocycles. The average molecular weight is 200 g/mol. The van der Waals surface area contributed by atoms with E-state index < -0.39 is 0 Å². The molecular weight excluding hydrogens is 172 g/mol. The lowest BCUT2D eigenvalue weighted by molar-refractivity contribution is 0.157. The van der Waals surface area contributed by atoms with Crippen LogP contribution in [0.3, 0.4) is 0 Å². The Kier molecular flexibility index (Phi) is 5.14. The summed E-state index contributed by atoms with van der Waals surface area (Å²) in [5.41, 5.74) is 0.733. The Morgan fingerprint density at radius 3 is 1.71 bits per heavy atom. The first-order valence-electron chi connectivity index (χ1n) is 5.75. The highest BCUT2D eigenvalue weighted by molar-refractivity contribution is 4.71. The molecule has 0 rings (SSSR count). The molecule has 0 aromatic rings. The minimum atomic E-state index is 0.339. The van der Waals surface area contributed by atoms with Gasteiger partial charge in [-0.15, -0.1) is 0 Å². The molecule has 1 unspecified atom stereocenters. The van der Waals surface area contributed by atoms with Crippen LogP contribution >= 0.6 is 0 Å². The number of hydrogen-bond donors (Lipinski definition) is 1. The summed E-state index contributed by atoms with van der Waals surface area (Å²) >= 11 is 0. The van der Waals surface area contributed by atoms with Gasteiger partial charge in [-0.05, 0) is 36.0 Å². The van der Waals surface area contributed by atoms with E-state index in [0.29, 0.717) is 23.4 Å². The zero-order valence-corrected chi connectivity index (χ0v) is 10.9. The van der Waals surface area contributed by atoms with Crippen LogP contribution in [-0.2, 0) is 0 Å². The average Bonchev–Trinajstić information content (AvgIpc) is 1.94. The van der Waals surface area contributed by atoms with Crippen LogP contribution in [0, 0.1) is 16.7 Å². The first kappa shape index (κ1) is 14.0. The van der Waals surface area contributed by atoms with E-state index in [2.05, 4.69) is 41.5 Å². The molecule has 0 heterocycles. The molecule has 0 aromatic heterocycles. The second-order valence-electron chi connectivity index (χ2n) is 6.91. The molecule has 0 radical (unpaired) electrons. The maximum absolute atomic E-state index is 9.29. The van der Waals surface area contributed by atoms with Crippen LogP contribution in [0.1, 0.15) is 60.8 Å². The van der Waals surface area contributed by atoms with Gasteiger partial charge >= 0.3 is 0 Å². The van der Waals surface area contributed by atoms with E-state index in [1.165, 1.54) is 6.42 Å². The van der Waals surface area contributed by atoms with Crippen molar-refractivity contribution in [3.8, 4) is 0 Å². The Bertz CT molecular complexity index is 148. The fourth-order valence-corrected chi connectivity index (χ4v) is 1.76. The van der Waals surface area contributed by atoms with Crippen LogP contribution in [0.5, 0.6) is 0 Å². The Morgan fingerprint density at radius 2 is 1.43 bits per heavy atom. The number of hydrogen-bond acceptors (Lipinski definition) is 1. The summed E-state index contributed by atoms with van der Waals surface area (Å²) < 4.78 is 0. The second kappa shape index (κ2) is 5.16. The van der Waals surface area contributed by atoms with Gasteiger partial charge in [0.2, 0.25) is 0 Å². The highest BCUT2D eigenvalue weighted by Crippen LogP contribution is 2.30. The minimum Gasteiger partial charge on any atom is -0.396 e. The zero-order chi connectivity index (χ0) is 11.4. The summed E-state index contributed by atoms with van der Waals surface area (Å²) in [6.45, 7) is 13.9. The van der Waals surface area contributed by atoms with E-state index in [1.807, 2.05) is 0 Å². The summed E-state index contributed by atoms with van der Waals surface area (Å²) in [4.78, 5) is 0. The van der Waals surface area contributed by atoms with E-state index in [1.54, 1.807) is 0 Å². The largest absolute Gasteiger partial charge is 0.396 e. The summed E-state index contributed by atoms with van der Waals surface area (Å²) in [6, 6.07) is 0. The Labute approximate surface area is 89.9 Å². The molecule has 1 heteroatoms. The van der Waals surface area contributed by atoms with Gasteiger partial charge in [-0.1, -0.05) is 41.5 Å². The second-order valence-corrected chi connectivity index (χ2v) is 6.91. The van der Waals surface area contributed by atoms with Crippen molar-refractivity contribution >= 4 is 0 Å². The highest BCUT2D eigenvalue weighted by Gasteiger charge is 2.20. The molecule has 0 spiro atoms. The van der Waals surface area contributed by atoms with Gasteiger partial charge in [0.1, 0.15) is 0 Å². The fourth-order valence-electron chi connectivity index (χ4n) is 1.76. The van der Waals surface area contributed by atoms with Crippen LogP contribution in [0.4, 0.5) is 0 Å². The molecule has 0 aliphatic carbocycles. The van der Waals surface area contributed by atoms with Crippen molar-refractivity contribution in [2.24, 2.45) is 16.7 Å². The van der Waals surface area contributed by atoms with Gasteiger partial charge < -0.3 is 5.11 Å². The Morgan fingerprint density at radius 1 is 0.929 bits per heavy atom. The van der Waals surface area contributed by atoms with Gasteiger partial charge in [-0.25, -0.2) is 0 Å². The van der Waals surface area contributed by atoms with Crippen LogP contribution in [0.25, 0.3) is 0 Å². The van der Waals surface area contributed by atoms with Crippen molar-refractivity contribution in [3.05, 3.63) is 0 Å². The summed E-state index contributed by atoms with van der Waals surface area (Å²) in [5.74, 6) is 0.481. The normalized spacial score (nSPS) is 15.6. The topological polar surface area (TPSA) is 20.2 Å². The van der Waals surface area contributed by atoms with Gasteiger partial charge in [-0.2, -0.15) is 0 Å². The molecule has 86 valence electrons. The lowest BCUT2D eigenvalue weighted by Crippen LogP contribution is -2.18. The third-order valence-electron chi connectivity index (χ3n) is 2.46. The van der Waals surface area contributed by atoms with Crippen molar-refractivity contribution in [3.63, 3.8) is 0 Å². The highest BCUT2D eigenvalue weighted by atomic mass is 16.3. The van der Waals surface area contributed by atoms with Crippen LogP contribution in [0.15, 0.2) is 0 Å². The molecule has 0 aromatic carbocycles. The van der Waals surface area contributed by atoms with E-state index in [4.69, 9.17) is 0 Å². The molecular formula is C13H28O. The van der Waals surface area contributed by atoms with Gasteiger partial charge in [0.25, 0.3) is 0 Å². The Balaban J connectivity index is 3.93. The first-order valence-corrected chi connectivity index (χ1v) is 5.75. The van der Waals surface area contributed by atoms with Gasteiger partial charge in [-0.3, -0.25) is 0 Å². The maximum atomic E-state index is 9.29. The predicted molar refractivity (Wildman–Crippen MR) is 63.3 cm³/mol. The van der Waals surface area contributed by atoms with Crippen molar-refractivity contribution < 1.29 is 5.11 Å². The minimum absolute atomic E-state index is 0.339. The standard InChI is InChI=1S/C13H28O/c1-12(2,3)8-7-11(10-14)9-13(4,5)6/h11,14H,7-10H2,1-6H3. The zero-order valence-electron chi connectivity index (χ0n) is 10.9. The van der Waals surface area contributed by atoms with Gasteiger partial charge in [0.05, 0.1) is 0 Å². The van der Waals surface area contributed by atoms with Crippen LogP contribution in [0.2, 0.25) is 0 Å². The van der Waals surface area contributed by atoms with E-state index in [9.17, 15) is 5.11 Å². The smallest absolute Gasteiger partial charge is 0.0459 e. The molecule has 0 bridgehead atoms. The van der Waals surface area contributed by atoms with Crippen molar-refractivity contribution in [1.82, 2.24) is 0 Å². The fraction of sp³-hybridized carbons (Fsp3) is 1.00. The molecule has 0 saturated heterocycles. The molecule has 1 nitrogen and oxygen atoms in total. The van der Waals surface area contributed by atoms with E-state index in [-0.39, 0.29) is 0 Å². The van der Waals surface area contributed by atoms with Crippen LogP contribution < -0.4 is 0 Å². The molecule has 1 atom stereocenters. The predicted octanol–water partition coefficient (Wildman–Crippen LogP) is 3.86. The molecule has 0 aliphatic rings. The first-order chi connectivity index (χ1) is 6.14. The monoisotopic (exact) mass is 200 g/mol. The van der Waals surface area contributed by atoms with E-state index in [0.717, 1.165) is 12.8 Å². The third kappa shape index (κ3) is 8.55. The molecule has 0 aliphatic heterocycles. The molecule has 0 amide bonds. The lowest BCUT2D eigenvalue weighted by atomic mass is 9.80. The van der Waals surface area contributed by atoms with E-state index >= 15 is 0 Å². The number of aliphatic hydroxyl groups is 1. The summed E-state index contributed by atoms with van der Waals surface area (Å²) in [6.07, 6.45) is 3.48. The number of rotatable bonds is 4. The lowest BCUT2D eigenvalue weighted by Gasteiger charge is -2.27. The van der Waals surface area contributed by atoms with Gasteiger partial charge in [0, 0.05) is 6.61 Å². The SMILES string of the molecule is CC(C)(C)CCC(CO)CC(C)(C)C. The maximum Gasteiger partial charge on any atom is 0.0459 e. The number of aliphatic hydroxyl groups excluding tert-OH is 1. The van der Waals surface area contributed by atoms with Crippen molar-refractivity contribution in [2.75, 3.05) is 6.61 Å². The van der Waals surface area contributed by atoms with Crippen molar-refractivity contribution in [2.45, 2.75) is 60.8 Å². The third-order valence-corrected chi connectivity index (χ3v) is 2.46. The quantitative estimate of drug-likeness (QED) is 0.730. The molecule has 14 heavy (non-hydrogen) atoms.